The Hall–Kier alpha value is -0.240. The fourth-order valence-corrected chi connectivity index (χ4v) is 2.73. The molecule has 1 rings (SSSR count). The van der Waals surface area contributed by atoms with E-state index in [2.05, 4.69) is 12.2 Å². The van der Waals surface area contributed by atoms with Crippen LogP contribution in [0.25, 0.3) is 0 Å². The van der Waals surface area contributed by atoms with Crippen molar-refractivity contribution in [2.75, 3.05) is 5.88 Å². The van der Waals surface area contributed by atoms with Crippen LogP contribution in [0, 0.1) is 11.8 Å². The van der Waals surface area contributed by atoms with Gasteiger partial charge in [0.15, 0.2) is 0 Å². The quantitative estimate of drug-likeness (QED) is 0.741. The highest BCUT2D eigenvalue weighted by Crippen LogP contribution is 2.31. The van der Waals surface area contributed by atoms with Crippen LogP contribution < -0.4 is 5.32 Å². The minimum atomic E-state index is -0.166. The third-order valence-electron chi connectivity index (χ3n) is 3.38. The van der Waals surface area contributed by atoms with E-state index in [1.165, 1.54) is 12.8 Å². The van der Waals surface area contributed by atoms with Crippen LogP contribution in [0.5, 0.6) is 0 Å². The van der Waals surface area contributed by atoms with Gasteiger partial charge in [0.25, 0.3) is 0 Å². The van der Waals surface area contributed by atoms with Crippen LogP contribution in [-0.4, -0.2) is 17.3 Å². The molecule has 2 nitrogen and oxygen atoms in total. The summed E-state index contributed by atoms with van der Waals surface area (Å²) in [5.74, 6) is 1.57. The molecule has 0 heterocycles. The van der Waals surface area contributed by atoms with E-state index in [4.69, 9.17) is 11.6 Å². The molecule has 0 aromatic heterocycles. The second-order valence-electron chi connectivity index (χ2n) is 5.33. The summed E-state index contributed by atoms with van der Waals surface area (Å²) in [6, 6.07) is 0. The highest BCUT2D eigenvalue weighted by molar-refractivity contribution is 6.17. The highest BCUT2D eigenvalue weighted by atomic mass is 35.5. The molecule has 1 aliphatic rings. The predicted octanol–water partition coefficient (Wildman–Crippen LogP) is 2.95. The van der Waals surface area contributed by atoms with Gasteiger partial charge in [-0.1, -0.05) is 13.3 Å². The van der Waals surface area contributed by atoms with Gasteiger partial charge in [0, 0.05) is 17.3 Å². The summed E-state index contributed by atoms with van der Waals surface area (Å²) in [5.41, 5.74) is -0.166. The minimum Gasteiger partial charge on any atom is -0.351 e. The molecule has 0 saturated heterocycles. The van der Waals surface area contributed by atoms with Gasteiger partial charge in [-0.2, -0.15) is 0 Å². The molecule has 3 heteroatoms. The average molecular weight is 232 g/mol. The van der Waals surface area contributed by atoms with Gasteiger partial charge in [0.2, 0.25) is 5.91 Å². The normalized spacial score (nSPS) is 26.7. The fourth-order valence-electron chi connectivity index (χ4n) is 2.26. The van der Waals surface area contributed by atoms with Crippen LogP contribution in [0.2, 0.25) is 0 Å². The summed E-state index contributed by atoms with van der Waals surface area (Å²) >= 11 is 5.71. The van der Waals surface area contributed by atoms with E-state index in [0.29, 0.717) is 11.8 Å². The standard InChI is InChI=1S/C12H22ClNO/c1-9-5-4-6-10(9)11(15)14-12(2,3)7-8-13/h9-10H,4-8H2,1-3H3,(H,14,15). The predicted molar refractivity (Wildman–Crippen MR) is 64.1 cm³/mol. The summed E-state index contributed by atoms with van der Waals surface area (Å²) in [4.78, 5) is 12.0. The lowest BCUT2D eigenvalue weighted by Gasteiger charge is -2.28. The van der Waals surface area contributed by atoms with Crippen molar-refractivity contribution in [1.29, 1.82) is 0 Å². The number of halogens is 1. The Labute approximate surface area is 97.8 Å². The van der Waals surface area contributed by atoms with Crippen LogP contribution in [0.3, 0.4) is 0 Å². The Bertz CT molecular complexity index is 228. The molecule has 2 unspecified atom stereocenters. The number of hydrogen-bond donors (Lipinski definition) is 1. The Kier molecular flexibility index (Phi) is 4.45. The number of alkyl halides is 1. The Morgan fingerprint density at radius 2 is 2.13 bits per heavy atom. The Morgan fingerprint density at radius 1 is 1.47 bits per heavy atom. The van der Waals surface area contributed by atoms with E-state index < -0.39 is 0 Å². The smallest absolute Gasteiger partial charge is 0.223 e. The zero-order valence-electron chi connectivity index (χ0n) is 9.98. The second-order valence-corrected chi connectivity index (χ2v) is 5.70. The molecule has 0 aliphatic heterocycles. The van der Waals surface area contributed by atoms with Gasteiger partial charge in [-0.05, 0) is 39.0 Å². The van der Waals surface area contributed by atoms with E-state index in [1.54, 1.807) is 0 Å². The Morgan fingerprint density at radius 3 is 2.60 bits per heavy atom. The van der Waals surface area contributed by atoms with Gasteiger partial charge in [-0.25, -0.2) is 0 Å². The SMILES string of the molecule is CC1CCCC1C(=O)NC(C)(C)CCCl. The molecule has 0 spiro atoms. The third-order valence-corrected chi connectivity index (χ3v) is 3.57. The van der Waals surface area contributed by atoms with Crippen LogP contribution >= 0.6 is 11.6 Å². The largest absolute Gasteiger partial charge is 0.351 e. The molecular weight excluding hydrogens is 210 g/mol. The molecule has 1 aliphatic carbocycles. The van der Waals surface area contributed by atoms with Crippen molar-refractivity contribution in [3.8, 4) is 0 Å². The number of nitrogens with one attached hydrogen (secondary N) is 1. The van der Waals surface area contributed by atoms with E-state index in [9.17, 15) is 4.79 Å². The number of carbonyl (C=O) groups is 1. The monoisotopic (exact) mass is 231 g/mol. The fraction of sp³-hybridized carbons (Fsp3) is 0.917. The van der Waals surface area contributed by atoms with Crippen molar-refractivity contribution < 1.29 is 4.79 Å². The number of amides is 1. The first-order valence-corrected chi connectivity index (χ1v) is 6.38. The van der Waals surface area contributed by atoms with Crippen molar-refractivity contribution >= 4 is 17.5 Å². The summed E-state index contributed by atoms with van der Waals surface area (Å²) in [6.45, 7) is 6.24. The van der Waals surface area contributed by atoms with E-state index in [1.807, 2.05) is 13.8 Å². The van der Waals surface area contributed by atoms with Crippen molar-refractivity contribution in [3.63, 3.8) is 0 Å². The van der Waals surface area contributed by atoms with E-state index in [0.717, 1.165) is 12.8 Å². The lowest BCUT2D eigenvalue weighted by molar-refractivity contribution is -0.127. The third kappa shape index (κ3) is 3.67. The maximum Gasteiger partial charge on any atom is 0.223 e. The maximum atomic E-state index is 12.0. The summed E-state index contributed by atoms with van der Waals surface area (Å²) in [5, 5.41) is 3.11. The molecular formula is C12H22ClNO. The lowest BCUT2D eigenvalue weighted by atomic mass is 9.94. The van der Waals surface area contributed by atoms with Crippen molar-refractivity contribution in [2.45, 2.75) is 52.0 Å². The zero-order valence-corrected chi connectivity index (χ0v) is 10.7. The van der Waals surface area contributed by atoms with E-state index >= 15 is 0 Å². The summed E-state index contributed by atoms with van der Waals surface area (Å²) < 4.78 is 0. The summed E-state index contributed by atoms with van der Waals surface area (Å²) in [6.07, 6.45) is 4.24. The van der Waals surface area contributed by atoms with Gasteiger partial charge < -0.3 is 5.32 Å². The lowest BCUT2D eigenvalue weighted by Crippen LogP contribution is -2.46. The molecule has 0 radical (unpaired) electrons. The zero-order chi connectivity index (χ0) is 11.5. The molecule has 1 fully saturated rings. The molecule has 1 N–H and O–H groups in total. The second kappa shape index (κ2) is 5.20. The first-order valence-electron chi connectivity index (χ1n) is 5.84. The molecule has 1 amide bonds. The van der Waals surface area contributed by atoms with Gasteiger partial charge in [-0.15, -0.1) is 11.6 Å². The van der Waals surface area contributed by atoms with Crippen molar-refractivity contribution in [2.24, 2.45) is 11.8 Å². The van der Waals surface area contributed by atoms with Crippen LogP contribution in [-0.2, 0) is 4.79 Å². The van der Waals surface area contributed by atoms with Crippen molar-refractivity contribution in [3.05, 3.63) is 0 Å². The van der Waals surface area contributed by atoms with Gasteiger partial charge >= 0.3 is 0 Å². The van der Waals surface area contributed by atoms with Crippen LogP contribution in [0.1, 0.15) is 46.5 Å². The minimum absolute atomic E-state index is 0.166. The average Bonchev–Trinajstić information content (AvgIpc) is 2.50. The molecule has 0 aromatic carbocycles. The first kappa shape index (κ1) is 12.8. The molecule has 15 heavy (non-hydrogen) atoms. The molecule has 0 aromatic rings. The topological polar surface area (TPSA) is 29.1 Å². The van der Waals surface area contributed by atoms with Crippen LogP contribution in [0.15, 0.2) is 0 Å². The molecule has 88 valence electrons. The number of hydrogen-bond acceptors (Lipinski definition) is 1. The highest BCUT2D eigenvalue weighted by Gasteiger charge is 2.32. The molecule has 1 saturated carbocycles. The first-order chi connectivity index (χ1) is 6.96. The van der Waals surface area contributed by atoms with Crippen LogP contribution in [0.4, 0.5) is 0 Å². The van der Waals surface area contributed by atoms with Crippen molar-refractivity contribution in [1.82, 2.24) is 5.32 Å². The van der Waals surface area contributed by atoms with Gasteiger partial charge in [0.1, 0.15) is 0 Å². The number of rotatable bonds is 4. The Balaban J connectivity index is 2.47. The maximum absolute atomic E-state index is 12.0. The molecule has 0 bridgehead atoms. The van der Waals surface area contributed by atoms with Gasteiger partial charge in [-0.3, -0.25) is 4.79 Å². The summed E-state index contributed by atoms with van der Waals surface area (Å²) in [7, 11) is 0. The molecule has 2 atom stereocenters. The number of carbonyl (C=O) groups excluding carboxylic acids is 1. The van der Waals surface area contributed by atoms with E-state index in [-0.39, 0.29) is 17.4 Å². The van der Waals surface area contributed by atoms with Gasteiger partial charge in [0.05, 0.1) is 0 Å².